The minimum absolute atomic E-state index is 0.519. The molecule has 0 spiro atoms. The number of quaternary nitrogens is 1. The molecule has 1 heterocycles. The predicted molar refractivity (Wildman–Crippen MR) is 86.9 cm³/mol. The largest absolute Gasteiger partial charge is 0.595 e. The van der Waals surface area contributed by atoms with E-state index >= 15 is 0 Å². The van der Waals surface area contributed by atoms with Crippen molar-refractivity contribution in [1.29, 1.82) is 0 Å². The maximum absolute atomic E-state index is 10.5. The fraction of sp³-hybridized carbons (Fsp3) is 0.583. The van der Waals surface area contributed by atoms with Gasteiger partial charge in [0.15, 0.2) is 12.0 Å². The summed E-state index contributed by atoms with van der Waals surface area (Å²) < 4.78 is 0. The van der Waals surface area contributed by atoms with Gasteiger partial charge in [0.1, 0.15) is 5.01 Å². The number of thiazole rings is 1. The normalized spacial score (nSPS) is 13.5. The van der Waals surface area contributed by atoms with Gasteiger partial charge in [-0.3, -0.25) is 0 Å². The quantitative estimate of drug-likeness (QED) is 0.349. The van der Waals surface area contributed by atoms with Crippen LogP contribution in [0.2, 0.25) is 0 Å². The van der Waals surface area contributed by atoms with Crippen LogP contribution in [0.1, 0.15) is 10.7 Å². The maximum Gasteiger partial charge on any atom is 0.167 e. The Morgan fingerprint density at radius 3 is 3.00 bits per heavy atom. The lowest BCUT2D eigenvalue weighted by molar-refractivity contribution is -1.00. The van der Waals surface area contributed by atoms with Gasteiger partial charge >= 0.3 is 0 Å². The fourth-order valence-electron chi connectivity index (χ4n) is 1.53. The van der Waals surface area contributed by atoms with E-state index in [0.717, 1.165) is 35.0 Å². The summed E-state index contributed by atoms with van der Waals surface area (Å²) in [4.78, 5) is 6.68. The van der Waals surface area contributed by atoms with E-state index in [1.807, 2.05) is 14.1 Å². The number of rotatable bonds is 10. The molecular formula is C12H23N5O2S2. The van der Waals surface area contributed by atoms with Gasteiger partial charge in [0.2, 0.25) is 0 Å². The molecule has 21 heavy (non-hydrogen) atoms. The van der Waals surface area contributed by atoms with Crippen LogP contribution in [0.25, 0.3) is 0 Å². The van der Waals surface area contributed by atoms with Crippen LogP contribution >= 0.6 is 23.1 Å². The third kappa shape index (κ3) is 8.24. The van der Waals surface area contributed by atoms with Crippen LogP contribution in [0, 0.1) is 5.21 Å². The monoisotopic (exact) mass is 333 g/mol. The molecule has 0 bridgehead atoms. The Balaban J connectivity index is 2.20. The Morgan fingerprint density at radius 2 is 2.38 bits per heavy atom. The molecule has 0 aliphatic heterocycles. The molecular weight excluding hydrogens is 310 g/mol. The summed E-state index contributed by atoms with van der Waals surface area (Å²) in [6, 6.07) is 0. The highest BCUT2D eigenvalue weighted by atomic mass is 32.2. The molecule has 0 aliphatic carbocycles. The van der Waals surface area contributed by atoms with Gasteiger partial charge < -0.3 is 20.7 Å². The molecule has 120 valence electrons. The van der Waals surface area contributed by atoms with Crippen LogP contribution < -0.4 is 15.9 Å². The summed E-state index contributed by atoms with van der Waals surface area (Å²) in [5.74, 6) is 2.28. The Bertz CT molecular complexity index is 437. The lowest BCUT2D eigenvalue weighted by Gasteiger charge is -2.12. The van der Waals surface area contributed by atoms with Gasteiger partial charge in [-0.2, -0.15) is 17.0 Å². The first kappa shape index (κ1) is 18.2. The second-order valence-electron chi connectivity index (χ2n) is 4.60. The minimum atomic E-state index is -0.963. The van der Waals surface area contributed by atoms with Gasteiger partial charge in [0, 0.05) is 37.0 Å². The first-order valence-corrected chi connectivity index (χ1v) is 8.56. The van der Waals surface area contributed by atoms with Crippen LogP contribution in [0.3, 0.4) is 0 Å². The van der Waals surface area contributed by atoms with Crippen LogP contribution in [0.5, 0.6) is 0 Å². The standard InChI is InChI=1S/C12H23N5O2S2/c1-13-11(6-17(18)19)14-4-5-20-8-10-9-21-12(15-10)7-16(2)3/h6,9,13-14,17-18H,4-5,7-8H2,1-3H3. The van der Waals surface area contributed by atoms with Crippen LogP contribution in [0.15, 0.2) is 17.4 Å². The number of hydrogen-bond donors (Lipinski definition) is 4. The van der Waals surface area contributed by atoms with E-state index in [1.165, 1.54) is 0 Å². The van der Waals surface area contributed by atoms with Crippen molar-refractivity contribution in [2.24, 2.45) is 0 Å². The van der Waals surface area contributed by atoms with E-state index in [9.17, 15) is 5.21 Å². The Morgan fingerprint density at radius 1 is 1.62 bits per heavy atom. The van der Waals surface area contributed by atoms with E-state index < -0.39 is 5.23 Å². The van der Waals surface area contributed by atoms with Gasteiger partial charge in [-0.05, 0) is 14.1 Å². The average Bonchev–Trinajstić information content (AvgIpc) is 2.83. The van der Waals surface area contributed by atoms with Gasteiger partial charge in [-0.15, -0.1) is 11.3 Å². The van der Waals surface area contributed by atoms with Crippen molar-refractivity contribution in [1.82, 2.24) is 20.5 Å². The molecule has 9 heteroatoms. The van der Waals surface area contributed by atoms with Crippen LogP contribution in [0.4, 0.5) is 0 Å². The lowest BCUT2D eigenvalue weighted by atomic mass is 10.5. The van der Waals surface area contributed by atoms with Gasteiger partial charge in [-0.25, -0.2) is 10.2 Å². The van der Waals surface area contributed by atoms with E-state index in [-0.39, 0.29) is 0 Å². The molecule has 1 aromatic heterocycles. The topological polar surface area (TPSA) is 87.9 Å². The Hall–Kier alpha value is -0.840. The zero-order valence-corrected chi connectivity index (χ0v) is 14.2. The molecule has 0 radical (unpaired) electrons. The highest BCUT2D eigenvalue weighted by Gasteiger charge is 2.03. The smallest absolute Gasteiger partial charge is 0.167 e. The summed E-state index contributed by atoms with van der Waals surface area (Å²) in [6.45, 7) is 1.59. The third-order valence-corrected chi connectivity index (χ3v) is 4.27. The number of hydroxylamine groups is 2. The van der Waals surface area contributed by atoms with Crippen molar-refractivity contribution in [3.63, 3.8) is 0 Å². The number of nitrogens with zero attached hydrogens (tertiary/aromatic N) is 2. The molecule has 0 amide bonds. The third-order valence-electron chi connectivity index (χ3n) is 2.40. The second-order valence-corrected chi connectivity index (χ2v) is 6.64. The lowest BCUT2D eigenvalue weighted by Crippen LogP contribution is -2.99. The first-order valence-electron chi connectivity index (χ1n) is 6.53. The van der Waals surface area contributed by atoms with Crippen molar-refractivity contribution < 1.29 is 10.4 Å². The van der Waals surface area contributed by atoms with Crippen molar-refractivity contribution in [3.05, 3.63) is 33.3 Å². The highest BCUT2D eigenvalue weighted by molar-refractivity contribution is 7.98. The van der Waals surface area contributed by atoms with Crippen molar-refractivity contribution in [2.45, 2.75) is 12.3 Å². The minimum Gasteiger partial charge on any atom is -0.595 e. The molecule has 0 aliphatic rings. The zero-order valence-electron chi connectivity index (χ0n) is 12.5. The van der Waals surface area contributed by atoms with E-state index in [1.54, 1.807) is 30.1 Å². The summed E-state index contributed by atoms with van der Waals surface area (Å²) in [7, 11) is 5.76. The van der Waals surface area contributed by atoms with Gasteiger partial charge in [0.25, 0.3) is 0 Å². The molecule has 0 fully saturated rings. The molecule has 1 aromatic rings. The summed E-state index contributed by atoms with van der Waals surface area (Å²) >= 11 is 3.47. The van der Waals surface area contributed by atoms with Gasteiger partial charge in [-0.1, -0.05) is 0 Å². The van der Waals surface area contributed by atoms with Crippen molar-refractivity contribution >= 4 is 23.1 Å². The molecule has 1 atom stereocenters. The van der Waals surface area contributed by atoms with Crippen LogP contribution in [-0.4, -0.2) is 48.5 Å². The molecule has 1 unspecified atom stereocenters. The number of nitrogens with one attached hydrogen (secondary N) is 3. The highest BCUT2D eigenvalue weighted by Crippen LogP contribution is 2.16. The maximum atomic E-state index is 10.5. The number of hydrogen-bond acceptors (Lipinski definition) is 8. The first-order chi connectivity index (χ1) is 10.0. The summed E-state index contributed by atoms with van der Waals surface area (Å²) in [6.07, 6.45) is 1.12. The second kappa shape index (κ2) is 9.98. The SMILES string of the molecule is CNC(=C[NH+]([O-])O)NCCSCc1csc(CN(C)C)n1. The molecule has 1 rings (SSSR count). The number of thioether (sulfide) groups is 1. The van der Waals surface area contributed by atoms with Crippen molar-refractivity contribution in [3.8, 4) is 0 Å². The van der Waals surface area contributed by atoms with E-state index in [0.29, 0.717) is 12.4 Å². The van der Waals surface area contributed by atoms with Crippen LogP contribution in [-0.2, 0) is 12.3 Å². The average molecular weight is 333 g/mol. The van der Waals surface area contributed by atoms with Gasteiger partial charge in [0.05, 0.1) is 5.69 Å². The molecule has 0 aromatic carbocycles. The van der Waals surface area contributed by atoms with E-state index in [2.05, 4.69) is 25.9 Å². The van der Waals surface area contributed by atoms with Crippen molar-refractivity contribution in [2.75, 3.05) is 33.4 Å². The zero-order chi connectivity index (χ0) is 15.7. The predicted octanol–water partition coefficient (Wildman–Crippen LogP) is -0.182. The molecule has 0 saturated carbocycles. The molecule has 0 saturated heterocycles. The fourth-order valence-corrected chi connectivity index (χ4v) is 3.29. The number of aromatic nitrogens is 1. The Labute approximate surface area is 133 Å². The summed E-state index contributed by atoms with van der Waals surface area (Å²) in [5.41, 5.74) is 1.11. The molecule has 7 nitrogen and oxygen atoms in total. The van der Waals surface area contributed by atoms with E-state index in [4.69, 9.17) is 5.21 Å². The molecule has 4 N–H and O–H groups in total. The summed E-state index contributed by atoms with van der Waals surface area (Å²) in [5, 5.41) is 27.3. The Kier molecular flexibility index (Phi) is 8.66.